The van der Waals surface area contributed by atoms with Crippen LogP contribution in [-0.2, 0) is 29.0 Å². The van der Waals surface area contributed by atoms with Gasteiger partial charge in [-0.1, -0.05) is 83.3 Å². The minimum absolute atomic E-state index is 0.0195. The van der Waals surface area contributed by atoms with Gasteiger partial charge in [-0.15, -0.1) is 0 Å². The van der Waals surface area contributed by atoms with E-state index in [1.54, 1.807) is 42.3 Å². The molecule has 0 aliphatic carbocycles. The number of halogens is 3. The van der Waals surface area contributed by atoms with Crippen LogP contribution >= 0.6 is 34.8 Å². The maximum absolute atomic E-state index is 13.5. The Kier molecular flexibility index (Phi) is 8.57. The molecule has 2 amide bonds. The molecule has 0 aliphatic rings. The molecule has 7 heteroatoms. The first-order valence-electron chi connectivity index (χ1n) is 10.1. The van der Waals surface area contributed by atoms with Gasteiger partial charge < -0.3 is 10.2 Å². The highest BCUT2D eigenvalue weighted by Crippen LogP contribution is 2.26. The SMILES string of the molecule is CNC(=O)[C@@H](Cc1ccccc1)N(Cc1ccc(Cl)cc1)C(=O)Cc1c(Cl)cccc1Cl. The summed E-state index contributed by atoms with van der Waals surface area (Å²) in [6.07, 6.45) is 0.352. The van der Waals surface area contributed by atoms with E-state index < -0.39 is 6.04 Å². The minimum atomic E-state index is -0.716. The molecule has 0 radical (unpaired) electrons. The Balaban J connectivity index is 1.97. The zero-order valence-corrected chi connectivity index (χ0v) is 19.8. The molecule has 1 N–H and O–H groups in total. The van der Waals surface area contributed by atoms with E-state index in [1.807, 2.05) is 42.5 Å². The van der Waals surface area contributed by atoms with Crippen molar-refractivity contribution in [1.29, 1.82) is 0 Å². The molecule has 0 unspecified atom stereocenters. The van der Waals surface area contributed by atoms with Gasteiger partial charge in [-0.25, -0.2) is 0 Å². The molecule has 3 rings (SSSR count). The van der Waals surface area contributed by atoms with Crippen molar-refractivity contribution in [2.24, 2.45) is 0 Å². The van der Waals surface area contributed by atoms with Crippen molar-refractivity contribution in [2.45, 2.75) is 25.4 Å². The van der Waals surface area contributed by atoms with Crippen LogP contribution in [0.25, 0.3) is 0 Å². The van der Waals surface area contributed by atoms with E-state index in [4.69, 9.17) is 34.8 Å². The second kappa shape index (κ2) is 11.4. The van der Waals surface area contributed by atoms with E-state index in [2.05, 4.69) is 5.32 Å². The average molecular weight is 490 g/mol. The number of nitrogens with zero attached hydrogens (tertiary/aromatic N) is 1. The molecule has 166 valence electrons. The van der Waals surface area contributed by atoms with Crippen molar-refractivity contribution in [3.63, 3.8) is 0 Å². The first-order valence-corrected chi connectivity index (χ1v) is 11.2. The van der Waals surface area contributed by atoms with Crippen LogP contribution in [-0.4, -0.2) is 29.8 Å². The Bertz CT molecular complexity index is 1050. The van der Waals surface area contributed by atoms with Crippen LogP contribution in [0.1, 0.15) is 16.7 Å². The standard InChI is InChI=1S/C25H23Cl3N2O2/c1-29-25(32)23(14-17-6-3-2-4-7-17)30(16-18-10-12-19(26)13-11-18)24(31)15-20-21(27)8-5-9-22(20)28/h2-13,23H,14-16H2,1H3,(H,29,32)/t23-/m1/s1. The molecule has 0 aliphatic heterocycles. The highest BCUT2D eigenvalue weighted by atomic mass is 35.5. The van der Waals surface area contributed by atoms with Crippen molar-refractivity contribution in [3.05, 3.63) is 105 Å². The summed E-state index contributed by atoms with van der Waals surface area (Å²) in [6.45, 7) is 0.239. The number of hydrogen-bond donors (Lipinski definition) is 1. The summed E-state index contributed by atoms with van der Waals surface area (Å²) in [5, 5.41) is 4.12. The molecule has 0 aromatic heterocycles. The fraction of sp³-hybridized carbons (Fsp3) is 0.200. The maximum atomic E-state index is 13.5. The second-order valence-corrected chi connectivity index (χ2v) is 8.60. The molecule has 32 heavy (non-hydrogen) atoms. The first-order chi connectivity index (χ1) is 15.4. The zero-order chi connectivity index (χ0) is 23.1. The Morgan fingerprint density at radius 2 is 1.47 bits per heavy atom. The van der Waals surface area contributed by atoms with Crippen molar-refractivity contribution >= 4 is 46.6 Å². The van der Waals surface area contributed by atoms with Crippen molar-refractivity contribution in [1.82, 2.24) is 10.2 Å². The number of rotatable bonds is 8. The van der Waals surface area contributed by atoms with E-state index in [0.29, 0.717) is 27.1 Å². The summed E-state index contributed by atoms with van der Waals surface area (Å²) in [5.41, 5.74) is 2.35. The van der Waals surface area contributed by atoms with Gasteiger partial charge >= 0.3 is 0 Å². The lowest BCUT2D eigenvalue weighted by Gasteiger charge is -2.31. The number of hydrogen-bond acceptors (Lipinski definition) is 2. The quantitative estimate of drug-likeness (QED) is 0.449. The van der Waals surface area contributed by atoms with Crippen LogP contribution in [0.3, 0.4) is 0 Å². The van der Waals surface area contributed by atoms with E-state index >= 15 is 0 Å². The summed E-state index contributed by atoms with van der Waals surface area (Å²) in [7, 11) is 1.57. The molecule has 4 nitrogen and oxygen atoms in total. The third-order valence-corrected chi connectivity index (χ3v) is 6.13. The van der Waals surface area contributed by atoms with E-state index in [1.165, 1.54) is 0 Å². The van der Waals surface area contributed by atoms with E-state index in [-0.39, 0.29) is 24.8 Å². The van der Waals surface area contributed by atoms with Gasteiger partial charge in [0.05, 0.1) is 6.42 Å². The van der Waals surface area contributed by atoms with Gasteiger partial charge in [0.2, 0.25) is 11.8 Å². The van der Waals surface area contributed by atoms with Gasteiger partial charge in [-0.3, -0.25) is 9.59 Å². The molecule has 0 spiro atoms. The number of benzene rings is 3. The summed E-state index contributed by atoms with van der Waals surface area (Å²) in [5.74, 6) is -0.499. The van der Waals surface area contributed by atoms with Crippen LogP contribution in [0.15, 0.2) is 72.8 Å². The highest BCUT2D eigenvalue weighted by molar-refractivity contribution is 6.36. The summed E-state index contributed by atoms with van der Waals surface area (Å²) < 4.78 is 0. The predicted octanol–water partition coefficient (Wildman–Crippen LogP) is 5.58. The fourth-order valence-corrected chi connectivity index (χ4v) is 4.12. The van der Waals surface area contributed by atoms with Crippen molar-refractivity contribution in [3.8, 4) is 0 Å². The lowest BCUT2D eigenvalue weighted by molar-refractivity contribution is -0.140. The Hall–Kier alpha value is -2.53. The average Bonchev–Trinajstić information content (AvgIpc) is 2.80. The molecule has 3 aromatic rings. The van der Waals surface area contributed by atoms with Gasteiger partial charge in [0.25, 0.3) is 0 Å². The van der Waals surface area contributed by atoms with Gasteiger partial charge in [-0.05, 0) is 41.0 Å². The highest BCUT2D eigenvalue weighted by Gasteiger charge is 2.30. The largest absolute Gasteiger partial charge is 0.357 e. The number of nitrogens with one attached hydrogen (secondary N) is 1. The topological polar surface area (TPSA) is 49.4 Å². The van der Waals surface area contributed by atoms with Crippen molar-refractivity contribution < 1.29 is 9.59 Å². The Morgan fingerprint density at radius 3 is 2.06 bits per heavy atom. The van der Waals surface area contributed by atoms with Gasteiger partial charge in [0.15, 0.2) is 0 Å². The zero-order valence-electron chi connectivity index (χ0n) is 17.5. The molecule has 0 saturated carbocycles. The smallest absolute Gasteiger partial charge is 0.242 e. The van der Waals surface area contributed by atoms with E-state index in [9.17, 15) is 9.59 Å². The lowest BCUT2D eigenvalue weighted by Crippen LogP contribution is -2.50. The predicted molar refractivity (Wildman–Crippen MR) is 130 cm³/mol. The molecule has 1 atom stereocenters. The van der Waals surface area contributed by atoms with Gasteiger partial charge in [0, 0.05) is 35.1 Å². The van der Waals surface area contributed by atoms with Crippen LogP contribution < -0.4 is 5.32 Å². The van der Waals surface area contributed by atoms with Crippen LogP contribution in [0.4, 0.5) is 0 Å². The molecule has 3 aromatic carbocycles. The number of carbonyl (C=O) groups is 2. The Morgan fingerprint density at radius 1 is 0.844 bits per heavy atom. The molecule has 0 fully saturated rings. The second-order valence-electron chi connectivity index (χ2n) is 7.34. The third-order valence-electron chi connectivity index (χ3n) is 5.17. The van der Waals surface area contributed by atoms with Crippen molar-refractivity contribution in [2.75, 3.05) is 7.05 Å². The van der Waals surface area contributed by atoms with Crippen LogP contribution in [0, 0.1) is 0 Å². The monoisotopic (exact) mass is 488 g/mol. The van der Waals surface area contributed by atoms with Crippen LogP contribution in [0.2, 0.25) is 15.1 Å². The normalized spacial score (nSPS) is 11.6. The first kappa shape index (κ1) is 24.1. The molecule has 0 heterocycles. The van der Waals surface area contributed by atoms with Crippen LogP contribution in [0.5, 0.6) is 0 Å². The Labute approximate surface area is 203 Å². The maximum Gasteiger partial charge on any atom is 0.242 e. The fourth-order valence-electron chi connectivity index (χ4n) is 3.46. The summed E-state index contributed by atoms with van der Waals surface area (Å²) in [4.78, 5) is 28.0. The molecule has 0 saturated heterocycles. The van der Waals surface area contributed by atoms with Gasteiger partial charge in [0.1, 0.15) is 6.04 Å². The van der Waals surface area contributed by atoms with E-state index in [0.717, 1.165) is 11.1 Å². The number of carbonyl (C=O) groups excluding carboxylic acids is 2. The molecular formula is C25H23Cl3N2O2. The summed E-state index contributed by atoms with van der Waals surface area (Å²) >= 11 is 18.6. The van der Waals surface area contributed by atoms with Gasteiger partial charge in [-0.2, -0.15) is 0 Å². The lowest BCUT2D eigenvalue weighted by atomic mass is 10.0. The number of amides is 2. The third kappa shape index (κ3) is 6.26. The minimum Gasteiger partial charge on any atom is -0.357 e. The molecule has 0 bridgehead atoms. The summed E-state index contributed by atoms with van der Waals surface area (Å²) in [6, 6.07) is 21.2. The number of likely N-dealkylation sites (N-methyl/N-ethyl adjacent to an activating group) is 1. The molecular weight excluding hydrogens is 467 g/mol.